The van der Waals surface area contributed by atoms with E-state index in [9.17, 15) is 0 Å². The zero-order valence-corrected chi connectivity index (χ0v) is 13.6. The van der Waals surface area contributed by atoms with Crippen LogP contribution in [0.1, 0.15) is 35.9 Å². The Labute approximate surface area is 129 Å². The molecule has 0 spiro atoms. The van der Waals surface area contributed by atoms with Gasteiger partial charge in [-0.2, -0.15) is 0 Å². The maximum absolute atomic E-state index is 5.91. The molecule has 0 aliphatic rings. The number of aromatic nitrogens is 1. The maximum atomic E-state index is 5.91. The van der Waals surface area contributed by atoms with Gasteiger partial charge in [0.25, 0.3) is 0 Å². The first-order valence-corrected chi connectivity index (χ1v) is 7.86. The molecule has 0 aliphatic heterocycles. The van der Waals surface area contributed by atoms with Crippen LogP contribution in [-0.4, -0.2) is 12.0 Å². The second-order valence-electron chi connectivity index (χ2n) is 5.15. The van der Waals surface area contributed by atoms with Crippen LogP contribution in [0.3, 0.4) is 0 Å². The molecule has 0 aliphatic carbocycles. The lowest BCUT2D eigenvalue weighted by Crippen LogP contribution is -2.16. The highest BCUT2D eigenvalue weighted by Crippen LogP contribution is 2.30. The van der Waals surface area contributed by atoms with E-state index in [4.69, 9.17) is 22.3 Å². The van der Waals surface area contributed by atoms with Gasteiger partial charge in [-0.25, -0.2) is 4.98 Å². The van der Waals surface area contributed by atoms with Crippen molar-refractivity contribution in [2.75, 3.05) is 11.9 Å². The van der Waals surface area contributed by atoms with Crippen molar-refractivity contribution in [3.8, 4) is 0 Å². The smallest absolute Gasteiger partial charge is 0.185 e. The lowest BCUT2D eigenvalue weighted by atomic mass is 10.1. The summed E-state index contributed by atoms with van der Waals surface area (Å²) in [6, 6.07) is 7.91. The van der Waals surface area contributed by atoms with Crippen LogP contribution in [0, 0.1) is 0 Å². The summed E-state index contributed by atoms with van der Waals surface area (Å²) in [5.41, 5.74) is 8.14. The number of nitrogens with two attached hydrogens (primary N) is 1. The van der Waals surface area contributed by atoms with Crippen molar-refractivity contribution < 1.29 is 0 Å². The summed E-state index contributed by atoms with van der Waals surface area (Å²) in [5, 5.41) is 1.78. The number of rotatable bonds is 5. The van der Waals surface area contributed by atoms with Crippen LogP contribution in [0.5, 0.6) is 0 Å². The van der Waals surface area contributed by atoms with Crippen LogP contribution in [0.15, 0.2) is 24.3 Å². The highest BCUT2D eigenvalue weighted by atomic mass is 35.5. The van der Waals surface area contributed by atoms with E-state index in [0.29, 0.717) is 12.5 Å². The summed E-state index contributed by atoms with van der Waals surface area (Å²) in [4.78, 5) is 8.06. The number of halogens is 1. The molecule has 2 aromatic rings. The molecule has 0 radical (unpaired) electrons. The molecule has 0 bridgehead atoms. The predicted molar refractivity (Wildman–Crippen MR) is 87.7 cm³/mol. The molecule has 2 rings (SSSR count). The average Bonchev–Trinajstić information content (AvgIpc) is 2.86. The van der Waals surface area contributed by atoms with Crippen LogP contribution in [0.4, 0.5) is 5.13 Å². The molecule has 5 heteroatoms. The Bertz CT molecular complexity index is 563. The number of anilines is 1. The molecule has 0 atom stereocenters. The summed E-state index contributed by atoms with van der Waals surface area (Å²) < 4.78 is 0. The van der Waals surface area contributed by atoms with Gasteiger partial charge in [-0.05, 0) is 23.6 Å². The minimum absolute atomic E-state index is 0.405. The van der Waals surface area contributed by atoms with Gasteiger partial charge in [0, 0.05) is 30.0 Å². The lowest BCUT2D eigenvalue weighted by Gasteiger charge is -2.15. The molecular weight excluding hydrogens is 290 g/mol. The third-order valence-electron chi connectivity index (χ3n) is 3.11. The van der Waals surface area contributed by atoms with E-state index in [1.807, 2.05) is 24.3 Å². The van der Waals surface area contributed by atoms with Gasteiger partial charge in [-0.3, -0.25) is 0 Å². The highest BCUT2D eigenvalue weighted by Gasteiger charge is 2.15. The molecule has 0 unspecified atom stereocenters. The summed E-state index contributed by atoms with van der Waals surface area (Å²) in [6.07, 6.45) is 0. The van der Waals surface area contributed by atoms with Gasteiger partial charge in [0.2, 0.25) is 0 Å². The predicted octanol–water partition coefficient (Wildman–Crippen LogP) is 4.02. The van der Waals surface area contributed by atoms with E-state index in [1.165, 1.54) is 10.4 Å². The van der Waals surface area contributed by atoms with Gasteiger partial charge in [0.1, 0.15) is 0 Å². The van der Waals surface area contributed by atoms with E-state index in [0.717, 1.165) is 22.4 Å². The fraction of sp³-hybridized carbons (Fsp3) is 0.400. The Morgan fingerprint density at radius 3 is 2.45 bits per heavy atom. The topological polar surface area (TPSA) is 42.2 Å². The van der Waals surface area contributed by atoms with Gasteiger partial charge >= 0.3 is 0 Å². The fourth-order valence-electron chi connectivity index (χ4n) is 2.04. The summed E-state index contributed by atoms with van der Waals surface area (Å²) in [7, 11) is 2.05. The monoisotopic (exact) mass is 309 g/mol. The molecule has 2 N–H and O–H groups in total. The molecule has 1 heterocycles. The Hall–Kier alpha value is -1.10. The van der Waals surface area contributed by atoms with Crippen LogP contribution in [0.25, 0.3) is 0 Å². The standard InChI is InChI=1S/C15H20ClN3S/c1-10(2)14-13(8-17)20-15(18-14)19(3)9-11-4-6-12(16)7-5-11/h4-7,10H,8-9,17H2,1-3H3. The quantitative estimate of drug-likeness (QED) is 0.907. The van der Waals surface area contributed by atoms with Crippen molar-refractivity contribution in [3.63, 3.8) is 0 Å². The third-order valence-corrected chi connectivity index (χ3v) is 4.57. The molecule has 0 amide bonds. The molecule has 0 fully saturated rings. The van der Waals surface area contributed by atoms with Gasteiger partial charge < -0.3 is 10.6 Å². The van der Waals surface area contributed by atoms with E-state index in [1.54, 1.807) is 11.3 Å². The number of benzene rings is 1. The average molecular weight is 310 g/mol. The molecule has 0 saturated carbocycles. The molecule has 108 valence electrons. The van der Waals surface area contributed by atoms with Gasteiger partial charge in [0.05, 0.1) is 5.69 Å². The first kappa shape index (κ1) is 15.3. The van der Waals surface area contributed by atoms with Crippen molar-refractivity contribution in [3.05, 3.63) is 45.4 Å². The molecule has 3 nitrogen and oxygen atoms in total. The number of thiazole rings is 1. The largest absolute Gasteiger partial charge is 0.347 e. The molecular formula is C15H20ClN3S. The van der Waals surface area contributed by atoms with Crippen molar-refractivity contribution in [1.29, 1.82) is 0 Å². The van der Waals surface area contributed by atoms with Crippen LogP contribution < -0.4 is 10.6 Å². The Kier molecular flexibility index (Phi) is 5.02. The first-order chi connectivity index (χ1) is 9.51. The van der Waals surface area contributed by atoms with E-state index in [2.05, 4.69) is 25.8 Å². The molecule has 20 heavy (non-hydrogen) atoms. The highest BCUT2D eigenvalue weighted by molar-refractivity contribution is 7.15. The zero-order valence-electron chi connectivity index (χ0n) is 12.1. The second kappa shape index (κ2) is 6.57. The van der Waals surface area contributed by atoms with E-state index >= 15 is 0 Å². The van der Waals surface area contributed by atoms with Gasteiger partial charge in [-0.1, -0.05) is 37.6 Å². The summed E-state index contributed by atoms with van der Waals surface area (Å²) in [5.74, 6) is 0.405. The minimum Gasteiger partial charge on any atom is -0.347 e. The minimum atomic E-state index is 0.405. The molecule has 0 saturated heterocycles. The van der Waals surface area contributed by atoms with Crippen molar-refractivity contribution >= 4 is 28.1 Å². The Morgan fingerprint density at radius 2 is 1.95 bits per heavy atom. The number of hydrogen-bond acceptors (Lipinski definition) is 4. The Balaban J connectivity index is 2.16. The fourth-order valence-corrected chi connectivity index (χ4v) is 3.22. The Morgan fingerprint density at radius 1 is 1.30 bits per heavy atom. The lowest BCUT2D eigenvalue weighted by molar-refractivity contribution is 0.805. The van der Waals surface area contributed by atoms with Crippen LogP contribution in [-0.2, 0) is 13.1 Å². The third kappa shape index (κ3) is 3.51. The van der Waals surface area contributed by atoms with Crippen molar-refractivity contribution in [1.82, 2.24) is 4.98 Å². The molecule has 1 aromatic carbocycles. The normalized spacial score (nSPS) is 11.1. The van der Waals surface area contributed by atoms with Crippen molar-refractivity contribution in [2.45, 2.75) is 32.9 Å². The maximum Gasteiger partial charge on any atom is 0.185 e. The van der Waals surface area contributed by atoms with Crippen molar-refractivity contribution in [2.24, 2.45) is 5.73 Å². The number of hydrogen-bond donors (Lipinski definition) is 1. The summed E-state index contributed by atoms with van der Waals surface area (Å²) >= 11 is 7.59. The van der Waals surface area contributed by atoms with Crippen LogP contribution >= 0.6 is 22.9 Å². The molecule has 1 aromatic heterocycles. The second-order valence-corrected chi connectivity index (χ2v) is 6.64. The first-order valence-electron chi connectivity index (χ1n) is 6.66. The van der Waals surface area contributed by atoms with Gasteiger partial charge in [-0.15, -0.1) is 11.3 Å². The van der Waals surface area contributed by atoms with E-state index < -0.39 is 0 Å². The van der Waals surface area contributed by atoms with Gasteiger partial charge in [0.15, 0.2) is 5.13 Å². The SMILES string of the molecule is CC(C)c1nc(N(C)Cc2ccc(Cl)cc2)sc1CN. The summed E-state index contributed by atoms with van der Waals surface area (Å²) in [6.45, 7) is 5.67. The zero-order chi connectivity index (χ0) is 14.7. The number of nitrogens with zero attached hydrogens (tertiary/aromatic N) is 2. The van der Waals surface area contributed by atoms with E-state index in [-0.39, 0.29) is 0 Å². The van der Waals surface area contributed by atoms with Crippen LogP contribution in [0.2, 0.25) is 5.02 Å².